The van der Waals surface area contributed by atoms with Gasteiger partial charge in [0, 0.05) is 5.92 Å². The first-order valence-electron chi connectivity index (χ1n) is 12.9. The molecule has 0 bridgehead atoms. The van der Waals surface area contributed by atoms with Crippen LogP contribution in [0.4, 0.5) is 0 Å². The Kier molecular flexibility index (Phi) is 6.78. The highest BCUT2D eigenvalue weighted by molar-refractivity contribution is 5.88. The van der Waals surface area contributed by atoms with Crippen LogP contribution in [0.3, 0.4) is 0 Å². The van der Waals surface area contributed by atoms with Crippen molar-refractivity contribution in [3.63, 3.8) is 0 Å². The monoisotopic (exact) mass is 499 g/mol. The van der Waals surface area contributed by atoms with E-state index in [2.05, 4.69) is 24.3 Å². The predicted molar refractivity (Wildman–Crippen MR) is 142 cm³/mol. The summed E-state index contributed by atoms with van der Waals surface area (Å²) < 4.78 is 11.6. The molecular weight excluding hydrogens is 466 g/mol. The fourth-order valence-corrected chi connectivity index (χ4v) is 5.86. The number of hydrogen-bond acceptors (Lipinski definition) is 5. The second-order valence-corrected chi connectivity index (χ2v) is 10.5. The maximum absolute atomic E-state index is 13.5. The molecule has 192 valence electrons. The summed E-state index contributed by atoms with van der Waals surface area (Å²) >= 11 is 0. The van der Waals surface area contributed by atoms with Gasteiger partial charge in [0.25, 0.3) is 0 Å². The lowest BCUT2D eigenvalue weighted by molar-refractivity contribution is -0.162. The lowest BCUT2D eigenvalue weighted by atomic mass is 9.67. The van der Waals surface area contributed by atoms with Gasteiger partial charge in [-0.3, -0.25) is 9.59 Å². The Hall–Kier alpha value is -3.64. The van der Waals surface area contributed by atoms with Crippen LogP contribution < -0.4 is 10.5 Å². The van der Waals surface area contributed by atoms with Crippen LogP contribution in [0.2, 0.25) is 0 Å². The normalized spacial score (nSPS) is 22.8. The molecule has 6 heteroatoms. The first-order chi connectivity index (χ1) is 17.8. The lowest BCUT2D eigenvalue weighted by Crippen LogP contribution is -2.59. The Morgan fingerprint density at radius 1 is 0.973 bits per heavy atom. The van der Waals surface area contributed by atoms with Gasteiger partial charge in [-0.1, -0.05) is 60.7 Å². The molecular formula is C31H33NO5. The van der Waals surface area contributed by atoms with Crippen LogP contribution in [0, 0.1) is 5.92 Å². The van der Waals surface area contributed by atoms with E-state index in [1.54, 1.807) is 0 Å². The van der Waals surface area contributed by atoms with E-state index in [9.17, 15) is 14.7 Å². The molecule has 0 amide bonds. The van der Waals surface area contributed by atoms with Gasteiger partial charge >= 0.3 is 11.9 Å². The van der Waals surface area contributed by atoms with Crippen LogP contribution in [0.1, 0.15) is 61.6 Å². The van der Waals surface area contributed by atoms with Crippen LogP contribution in [0.15, 0.2) is 72.8 Å². The summed E-state index contributed by atoms with van der Waals surface area (Å²) in [6, 6.07) is 24.1. The van der Waals surface area contributed by atoms with Gasteiger partial charge in [0.05, 0.1) is 12.0 Å². The highest BCUT2D eigenvalue weighted by atomic mass is 16.5. The molecule has 0 heterocycles. The van der Waals surface area contributed by atoms with E-state index in [0.717, 1.165) is 33.6 Å². The second kappa shape index (κ2) is 10.0. The molecule has 37 heavy (non-hydrogen) atoms. The minimum atomic E-state index is -1.65. The molecule has 0 saturated heterocycles. The van der Waals surface area contributed by atoms with Gasteiger partial charge in [-0.2, -0.15) is 0 Å². The van der Waals surface area contributed by atoms with E-state index >= 15 is 0 Å². The minimum Gasteiger partial charge on any atom is -0.491 e. The minimum absolute atomic E-state index is 0.00890. The van der Waals surface area contributed by atoms with E-state index < -0.39 is 23.4 Å². The molecule has 0 spiro atoms. The molecule has 5 rings (SSSR count). The van der Waals surface area contributed by atoms with E-state index in [1.165, 1.54) is 0 Å². The van der Waals surface area contributed by atoms with Crippen LogP contribution in [-0.2, 0) is 14.3 Å². The van der Waals surface area contributed by atoms with E-state index in [0.29, 0.717) is 12.8 Å². The Morgan fingerprint density at radius 2 is 1.57 bits per heavy atom. The van der Waals surface area contributed by atoms with Crippen molar-refractivity contribution in [2.45, 2.75) is 56.6 Å². The van der Waals surface area contributed by atoms with Gasteiger partial charge < -0.3 is 20.3 Å². The van der Waals surface area contributed by atoms with Crippen molar-refractivity contribution in [3.8, 4) is 16.9 Å². The number of carboxylic acid groups (broad SMARTS) is 1. The van der Waals surface area contributed by atoms with Gasteiger partial charge in [0.15, 0.2) is 0 Å². The molecule has 1 saturated carbocycles. The third-order valence-corrected chi connectivity index (χ3v) is 7.81. The highest BCUT2D eigenvalue weighted by Crippen LogP contribution is 2.46. The smallest absolute Gasteiger partial charge is 0.324 e. The average molecular weight is 500 g/mol. The molecule has 0 aromatic heterocycles. The summed E-state index contributed by atoms with van der Waals surface area (Å²) in [6.45, 7) is 4.09. The Bertz CT molecular complexity index is 1260. The molecule has 6 nitrogen and oxygen atoms in total. The van der Waals surface area contributed by atoms with Crippen LogP contribution in [-0.4, -0.2) is 35.3 Å². The van der Waals surface area contributed by atoms with Crippen molar-refractivity contribution in [1.82, 2.24) is 0 Å². The van der Waals surface area contributed by atoms with Crippen LogP contribution >= 0.6 is 0 Å². The second-order valence-electron chi connectivity index (χ2n) is 10.5. The molecule has 0 aliphatic heterocycles. The number of ether oxygens (including phenoxy) is 2. The third kappa shape index (κ3) is 4.74. The van der Waals surface area contributed by atoms with E-state index in [-0.39, 0.29) is 31.0 Å². The van der Waals surface area contributed by atoms with E-state index in [4.69, 9.17) is 15.2 Å². The van der Waals surface area contributed by atoms with Crippen molar-refractivity contribution >= 4 is 11.9 Å². The van der Waals surface area contributed by atoms with Gasteiger partial charge in [-0.25, -0.2) is 0 Å². The SMILES string of the molecule is CC(C)Oc1ccc(C2CCC(N)(C(=O)O)C(C(=O)OCC3c4ccccc4-c4ccccc43)C2)cc1. The quantitative estimate of drug-likeness (QED) is 0.417. The number of esters is 1. The number of hydrogen-bond donors (Lipinski definition) is 2. The van der Waals surface area contributed by atoms with Crippen molar-refractivity contribution in [2.24, 2.45) is 11.7 Å². The number of nitrogens with two attached hydrogens (primary N) is 1. The number of carboxylic acids is 1. The van der Waals surface area contributed by atoms with Crippen molar-refractivity contribution in [2.75, 3.05) is 6.61 Å². The Morgan fingerprint density at radius 3 is 2.14 bits per heavy atom. The zero-order valence-corrected chi connectivity index (χ0v) is 21.2. The van der Waals surface area contributed by atoms with Crippen molar-refractivity contribution in [3.05, 3.63) is 89.5 Å². The largest absolute Gasteiger partial charge is 0.491 e. The van der Waals surface area contributed by atoms with Gasteiger partial charge in [-0.05, 0) is 79.0 Å². The molecule has 3 N–H and O–H groups in total. The Labute approximate surface area is 217 Å². The zero-order valence-electron chi connectivity index (χ0n) is 21.2. The number of carbonyl (C=O) groups is 2. The maximum atomic E-state index is 13.5. The zero-order chi connectivity index (χ0) is 26.2. The topological polar surface area (TPSA) is 98.9 Å². The molecule has 2 aliphatic carbocycles. The standard InChI is InChI=1S/C31H33NO5/c1-19(2)37-22-13-11-20(12-14-22)21-15-16-31(32,30(34)35)28(17-21)29(33)36-18-27-25-9-5-3-7-23(25)24-8-4-6-10-26(24)27/h3-14,19,21,27-28H,15-18,32H2,1-2H3,(H,34,35). The van der Waals surface area contributed by atoms with Gasteiger partial charge in [-0.15, -0.1) is 0 Å². The molecule has 3 atom stereocenters. The predicted octanol–water partition coefficient (Wildman–Crippen LogP) is 5.50. The average Bonchev–Trinajstić information content (AvgIpc) is 3.21. The maximum Gasteiger partial charge on any atom is 0.324 e. The number of aliphatic carboxylic acids is 1. The van der Waals surface area contributed by atoms with Crippen molar-refractivity contribution in [1.29, 1.82) is 0 Å². The molecule has 1 fully saturated rings. The number of carbonyl (C=O) groups excluding carboxylic acids is 1. The van der Waals surface area contributed by atoms with Gasteiger partial charge in [0.2, 0.25) is 0 Å². The number of fused-ring (bicyclic) bond motifs is 3. The summed E-state index contributed by atoms with van der Waals surface area (Å²) in [5.41, 5.74) is 10.3. The lowest BCUT2D eigenvalue weighted by Gasteiger charge is -2.40. The Balaban J connectivity index is 1.34. The fraction of sp³-hybridized carbons (Fsp3) is 0.355. The summed E-state index contributed by atoms with van der Waals surface area (Å²) in [5, 5.41) is 9.98. The number of benzene rings is 3. The summed E-state index contributed by atoms with van der Waals surface area (Å²) in [5.74, 6) is -1.96. The molecule has 3 aromatic rings. The molecule has 0 radical (unpaired) electrons. The summed E-state index contributed by atoms with van der Waals surface area (Å²) in [4.78, 5) is 25.7. The molecule has 2 aliphatic rings. The molecule has 3 aromatic carbocycles. The molecule has 3 unspecified atom stereocenters. The highest BCUT2D eigenvalue weighted by Gasteiger charge is 2.51. The van der Waals surface area contributed by atoms with E-state index in [1.807, 2.05) is 62.4 Å². The first kappa shape index (κ1) is 25.0. The summed E-state index contributed by atoms with van der Waals surface area (Å²) in [6.07, 6.45) is 1.18. The van der Waals surface area contributed by atoms with Gasteiger partial charge in [0.1, 0.15) is 17.9 Å². The fourth-order valence-electron chi connectivity index (χ4n) is 5.86. The first-order valence-corrected chi connectivity index (χ1v) is 12.9. The summed E-state index contributed by atoms with van der Waals surface area (Å²) in [7, 11) is 0. The third-order valence-electron chi connectivity index (χ3n) is 7.81. The number of rotatable bonds is 7. The van der Waals surface area contributed by atoms with Crippen LogP contribution in [0.25, 0.3) is 11.1 Å². The van der Waals surface area contributed by atoms with Crippen molar-refractivity contribution < 1.29 is 24.2 Å². The van der Waals surface area contributed by atoms with Crippen LogP contribution in [0.5, 0.6) is 5.75 Å².